The largest absolute Gasteiger partial charge is 0.490 e. The predicted molar refractivity (Wildman–Crippen MR) is 101 cm³/mol. The molecule has 7 heteroatoms. The van der Waals surface area contributed by atoms with Crippen molar-refractivity contribution in [2.24, 2.45) is 11.7 Å². The van der Waals surface area contributed by atoms with Gasteiger partial charge in [0.1, 0.15) is 0 Å². The van der Waals surface area contributed by atoms with Crippen LogP contribution in [-0.2, 0) is 11.2 Å². The molecule has 0 aliphatic carbocycles. The van der Waals surface area contributed by atoms with E-state index in [1.807, 2.05) is 30.9 Å². The Morgan fingerprint density at radius 3 is 2.46 bits per heavy atom. The van der Waals surface area contributed by atoms with Gasteiger partial charge in [-0.05, 0) is 50.4 Å². The lowest BCUT2D eigenvalue weighted by Gasteiger charge is -2.18. The molecule has 0 aromatic heterocycles. The average molecular weight is 422 g/mol. The standard InChI is InChI=1S/C17H25BrN2O3.ClH/c1-3-22-15-7-13(14(18)9-16(15)23-4-2)8-17(21)20-6-5-12(10-19)11-20;/h7,9,12H,3-6,8,10-11,19H2,1-2H3;1H. The van der Waals surface area contributed by atoms with Gasteiger partial charge in [0.25, 0.3) is 0 Å². The van der Waals surface area contributed by atoms with Gasteiger partial charge in [0.05, 0.1) is 19.6 Å². The second-order valence-electron chi connectivity index (χ2n) is 5.66. The molecule has 1 aromatic carbocycles. The zero-order valence-electron chi connectivity index (χ0n) is 14.2. The van der Waals surface area contributed by atoms with Gasteiger partial charge < -0.3 is 20.1 Å². The highest BCUT2D eigenvalue weighted by Gasteiger charge is 2.25. The summed E-state index contributed by atoms with van der Waals surface area (Å²) in [6, 6.07) is 3.77. The lowest BCUT2D eigenvalue weighted by molar-refractivity contribution is -0.129. The fourth-order valence-electron chi connectivity index (χ4n) is 2.78. The highest BCUT2D eigenvalue weighted by molar-refractivity contribution is 9.10. The molecule has 1 aliphatic rings. The van der Waals surface area contributed by atoms with Gasteiger partial charge in [-0.2, -0.15) is 0 Å². The Labute approximate surface area is 158 Å². The predicted octanol–water partition coefficient (Wildman–Crippen LogP) is 3.02. The number of ether oxygens (including phenoxy) is 2. The summed E-state index contributed by atoms with van der Waals surface area (Å²) in [6.45, 7) is 7.20. The van der Waals surface area contributed by atoms with E-state index in [9.17, 15) is 4.79 Å². The minimum absolute atomic E-state index is 0. The highest BCUT2D eigenvalue weighted by atomic mass is 79.9. The van der Waals surface area contributed by atoms with E-state index >= 15 is 0 Å². The molecule has 5 nitrogen and oxygen atoms in total. The molecule has 0 bridgehead atoms. The molecule has 2 rings (SSSR count). The van der Waals surface area contributed by atoms with E-state index in [1.54, 1.807) is 0 Å². The molecule has 1 fully saturated rings. The van der Waals surface area contributed by atoms with Crippen molar-refractivity contribution in [1.82, 2.24) is 4.90 Å². The minimum atomic E-state index is 0. The molecule has 0 radical (unpaired) electrons. The van der Waals surface area contributed by atoms with Gasteiger partial charge in [-0.15, -0.1) is 12.4 Å². The van der Waals surface area contributed by atoms with Crippen LogP contribution in [0.2, 0.25) is 0 Å². The van der Waals surface area contributed by atoms with Gasteiger partial charge in [0.2, 0.25) is 5.91 Å². The van der Waals surface area contributed by atoms with Crippen molar-refractivity contribution in [1.29, 1.82) is 0 Å². The SMILES string of the molecule is CCOc1cc(Br)c(CC(=O)N2CCC(CN)C2)cc1OCC.Cl. The number of hydrogen-bond acceptors (Lipinski definition) is 4. The van der Waals surface area contributed by atoms with E-state index in [1.165, 1.54) is 0 Å². The molecule has 1 heterocycles. The summed E-state index contributed by atoms with van der Waals surface area (Å²) < 4.78 is 12.1. The van der Waals surface area contributed by atoms with E-state index in [4.69, 9.17) is 15.2 Å². The highest BCUT2D eigenvalue weighted by Crippen LogP contribution is 2.34. The van der Waals surface area contributed by atoms with Gasteiger partial charge >= 0.3 is 0 Å². The van der Waals surface area contributed by atoms with Gasteiger partial charge in [0.15, 0.2) is 11.5 Å². The summed E-state index contributed by atoms with van der Waals surface area (Å²) in [7, 11) is 0. The number of rotatable bonds is 7. The van der Waals surface area contributed by atoms with E-state index in [2.05, 4.69) is 15.9 Å². The molecule has 1 saturated heterocycles. The number of halogens is 2. The fourth-order valence-corrected chi connectivity index (χ4v) is 3.24. The topological polar surface area (TPSA) is 64.8 Å². The summed E-state index contributed by atoms with van der Waals surface area (Å²) in [5.41, 5.74) is 6.61. The number of carbonyl (C=O) groups excluding carboxylic acids is 1. The third-order valence-corrected chi connectivity index (χ3v) is 4.76. The zero-order valence-corrected chi connectivity index (χ0v) is 16.6. The number of nitrogens with zero attached hydrogens (tertiary/aromatic N) is 1. The molecule has 1 aromatic rings. The van der Waals surface area contributed by atoms with Crippen molar-refractivity contribution in [2.75, 3.05) is 32.8 Å². The summed E-state index contributed by atoms with van der Waals surface area (Å²) in [5.74, 6) is 1.94. The molecule has 1 amide bonds. The summed E-state index contributed by atoms with van der Waals surface area (Å²) in [5, 5.41) is 0. The van der Waals surface area contributed by atoms with Gasteiger partial charge in [0, 0.05) is 17.6 Å². The maximum atomic E-state index is 12.5. The molecule has 2 N–H and O–H groups in total. The molecule has 1 aliphatic heterocycles. The Bertz CT molecular complexity index is 557. The molecule has 136 valence electrons. The second-order valence-corrected chi connectivity index (χ2v) is 6.52. The molecule has 1 atom stereocenters. The van der Waals surface area contributed by atoms with Crippen molar-refractivity contribution < 1.29 is 14.3 Å². The zero-order chi connectivity index (χ0) is 16.8. The van der Waals surface area contributed by atoms with Crippen molar-refractivity contribution in [2.45, 2.75) is 26.7 Å². The molecule has 0 spiro atoms. The maximum Gasteiger partial charge on any atom is 0.227 e. The number of benzene rings is 1. The van der Waals surface area contributed by atoms with Crippen LogP contribution in [0, 0.1) is 5.92 Å². The van der Waals surface area contributed by atoms with Crippen molar-refractivity contribution in [3.63, 3.8) is 0 Å². The first-order valence-corrected chi connectivity index (χ1v) is 8.94. The van der Waals surface area contributed by atoms with Gasteiger partial charge in [-0.1, -0.05) is 15.9 Å². The van der Waals surface area contributed by atoms with E-state index in [-0.39, 0.29) is 18.3 Å². The third kappa shape index (κ3) is 5.26. The summed E-state index contributed by atoms with van der Waals surface area (Å²) >= 11 is 3.54. The van der Waals surface area contributed by atoms with Crippen LogP contribution in [0.15, 0.2) is 16.6 Å². The molecule has 0 saturated carbocycles. The Morgan fingerprint density at radius 1 is 1.29 bits per heavy atom. The lowest BCUT2D eigenvalue weighted by atomic mass is 10.1. The van der Waals surface area contributed by atoms with Crippen LogP contribution in [0.4, 0.5) is 0 Å². The number of likely N-dealkylation sites (tertiary alicyclic amines) is 1. The minimum Gasteiger partial charge on any atom is -0.490 e. The van der Waals surface area contributed by atoms with Crippen LogP contribution < -0.4 is 15.2 Å². The van der Waals surface area contributed by atoms with E-state index < -0.39 is 0 Å². The normalized spacial score (nSPS) is 16.7. The third-order valence-electron chi connectivity index (χ3n) is 4.03. The van der Waals surface area contributed by atoms with Crippen molar-refractivity contribution in [3.05, 3.63) is 22.2 Å². The van der Waals surface area contributed by atoms with Crippen LogP contribution in [0.25, 0.3) is 0 Å². The van der Waals surface area contributed by atoms with Crippen LogP contribution >= 0.6 is 28.3 Å². The van der Waals surface area contributed by atoms with Crippen molar-refractivity contribution in [3.8, 4) is 11.5 Å². The second kappa shape index (κ2) is 10.1. The van der Waals surface area contributed by atoms with E-state index in [0.29, 0.717) is 43.6 Å². The summed E-state index contributed by atoms with van der Waals surface area (Å²) in [6.07, 6.45) is 1.35. The lowest BCUT2D eigenvalue weighted by Crippen LogP contribution is -2.31. The summed E-state index contributed by atoms with van der Waals surface area (Å²) in [4.78, 5) is 14.4. The van der Waals surface area contributed by atoms with Gasteiger partial charge in [-0.3, -0.25) is 4.79 Å². The quantitative estimate of drug-likeness (QED) is 0.735. The number of nitrogens with two attached hydrogens (primary N) is 1. The molecule has 1 unspecified atom stereocenters. The molecular formula is C17H26BrClN2O3. The number of amides is 1. The number of carbonyl (C=O) groups is 1. The first kappa shape index (κ1) is 21.1. The van der Waals surface area contributed by atoms with Crippen molar-refractivity contribution >= 4 is 34.2 Å². The Morgan fingerprint density at radius 2 is 1.92 bits per heavy atom. The van der Waals surface area contributed by atoms with Gasteiger partial charge in [-0.25, -0.2) is 0 Å². The maximum absolute atomic E-state index is 12.5. The Hall–Kier alpha value is -0.980. The Balaban J connectivity index is 0.00000288. The van der Waals surface area contributed by atoms with Crippen LogP contribution in [0.5, 0.6) is 11.5 Å². The average Bonchev–Trinajstić information content (AvgIpc) is 3.01. The van der Waals surface area contributed by atoms with Crippen LogP contribution in [-0.4, -0.2) is 43.7 Å². The fraction of sp³-hybridized carbons (Fsp3) is 0.588. The number of hydrogen-bond donors (Lipinski definition) is 1. The Kier molecular flexibility index (Phi) is 8.87. The monoisotopic (exact) mass is 420 g/mol. The van der Waals surface area contributed by atoms with E-state index in [0.717, 1.165) is 29.5 Å². The van der Waals surface area contributed by atoms with Crippen LogP contribution in [0.3, 0.4) is 0 Å². The first-order valence-electron chi connectivity index (χ1n) is 8.14. The molecule has 24 heavy (non-hydrogen) atoms. The van der Waals surface area contributed by atoms with Crippen LogP contribution in [0.1, 0.15) is 25.8 Å². The molecular weight excluding hydrogens is 396 g/mol. The first-order chi connectivity index (χ1) is 11.1. The smallest absolute Gasteiger partial charge is 0.227 e.